The van der Waals surface area contributed by atoms with E-state index in [1.807, 2.05) is 36.9 Å². The Labute approximate surface area is 113 Å². The first-order chi connectivity index (χ1) is 8.59. The smallest absolute Gasteiger partial charge is 0.228 e. The third-order valence-corrected chi connectivity index (χ3v) is 3.77. The molecular formula is C14H19ClN2O. The monoisotopic (exact) mass is 266 g/mol. The second kappa shape index (κ2) is 5.72. The van der Waals surface area contributed by atoms with Crippen LogP contribution in [0, 0.1) is 6.92 Å². The Morgan fingerprint density at radius 1 is 1.44 bits per heavy atom. The van der Waals surface area contributed by atoms with E-state index in [1.54, 1.807) is 0 Å². The van der Waals surface area contributed by atoms with Gasteiger partial charge in [-0.25, -0.2) is 0 Å². The molecule has 0 radical (unpaired) electrons. The average molecular weight is 267 g/mol. The molecule has 1 aromatic rings. The van der Waals surface area contributed by atoms with Gasteiger partial charge in [0.2, 0.25) is 5.91 Å². The molecule has 1 aliphatic heterocycles. The van der Waals surface area contributed by atoms with Crippen molar-refractivity contribution >= 4 is 23.2 Å². The van der Waals surface area contributed by atoms with Crippen LogP contribution in [0.4, 0.5) is 5.69 Å². The fraction of sp³-hybridized carbons (Fsp3) is 0.500. The number of hydrogen-bond donors (Lipinski definition) is 1. The second-order valence-electron chi connectivity index (χ2n) is 4.84. The molecule has 1 amide bonds. The Bertz CT molecular complexity index is 447. The number of rotatable bonds is 1. The van der Waals surface area contributed by atoms with Crippen LogP contribution >= 0.6 is 11.6 Å². The van der Waals surface area contributed by atoms with Gasteiger partial charge in [0, 0.05) is 29.7 Å². The summed E-state index contributed by atoms with van der Waals surface area (Å²) in [5, 5.41) is 4.06. The number of nitrogens with one attached hydrogen (secondary N) is 1. The maximum atomic E-state index is 12.3. The van der Waals surface area contributed by atoms with E-state index < -0.39 is 0 Å². The second-order valence-corrected chi connectivity index (χ2v) is 5.25. The van der Waals surface area contributed by atoms with Gasteiger partial charge in [-0.15, -0.1) is 0 Å². The van der Waals surface area contributed by atoms with Crippen molar-refractivity contribution in [1.29, 1.82) is 0 Å². The van der Waals surface area contributed by atoms with Crippen LogP contribution < -0.4 is 10.2 Å². The summed E-state index contributed by atoms with van der Waals surface area (Å²) in [5.41, 5.74) is 1.93. The molecule has 0 bridgehead atoms. The lowest BCUT2D eigenvalue weighted by Gasteiger charge is -2.29. The predicted molar refractivity (Wildman–Crippen MR) is 75.2 cm³/mol. The number of nitrogens with zero attached hydrogens (tertiary/aromatic N) is 1. The summed E-state index contributed by atoms with van der Waals surface area (Å²) in [7, 11) is 0. The molecule has 1 unspecified atom stereocenters. The van der Waals surface area contributed by atoms with Crippen LogP contribution in [0.1, 0.15) is 25.3 Å². The molecule has 0 spiro atoms. The zero-order valence-corrected chi connectivity index (χ0v) is 11.6. The van der Waals surface area contributed by atoms with Crippen molar-refractivity contribution in [1.82, 2.24) is 5.32 Å². The third kappa shape index (κ3) is 2.85. The van der Waals surface area contributed by atoms with Crippen LogP contribution in [-0.4, -0.2) is 25.0 Å². The summed E-state index contributed by atoms with van der Waals surface area (Å²) in [6, 6.07) is 5.97. The summed E-state index contributed by atoms with van der Waals surface area (Å²) < 4.78 is 0. The normalized spacial score (nSPS) is 21.6. The van der Waals surface area contributed by atoms with E-state index in [0.717, 1.165) is 30.8 Å². The van der Waals surface area contributed by atoms with Gasteiger partial charge >= 0.3 is 0 Å². The Kier molecular flexibility index (Phi) is 4.25. The number of hydrogen-bond acceptors (Lipinski definition) is 2. The van der Waals surface area contributed by atoms with Crippen LogP contribution in [0.5, 0.6) is 0 Å². The van der Waals surface area contributed by atoms with Crippen molar-refractivity contribution in [2.45, 2.75) is 32.7 Å². The number of halogens is 1. The number of carbonyl (C=O) groups is 1. The van der Waals surface area contributed by atoms with Crippen molar-refractivity contribution in [2.75, 3.05) is 18.0 Å². The Balaban J connectivity index is 2.29. The highest BCUT2D eigenvalue weighted by atomic mass is 35.5. The fourth-order valence-electron chi connectivity index (χ4n) is 2.30. The van der Waals surface area contributed by atoms with E-state index >= 15 is 0 Å². The first-order valence-electron chi connectivity index (χ1n) is 6.38. The van der Waals surface area contributed by atoms with Gasteiger partial charge in [-0.05, 0) is 44.5 Å². The number of amides is 1. The average Bonchev–Trinajstić information content (AvgIpc) is 2.31. The third-order valence-electron chi connectivity index (χ3n) is 3.36. The van der Waals surface area contributed by atoms with E-state index in [4.69, 9.17) is 11.6 Å². The molecule has 4 heteroatoms. The summed E-state index contributed by atoms with van der Waals surface area (Å²) in [4.78, 5) is 14.2. The lowest BCUT2D eigenvalue weighted by Crippen LogP contribution is -2.42. The van der Waals surface area contributed by atoms with Crippen molar-refractivity contribution in [2.24, 2.45) is 0 Å². The van der Waals surface area contributed by atoms with Gasteiger partial charge in [-0.3, -0.25) is 4.79 Å². The van der Waals surface area contributed by atoms with Crippen LogP contribution in [0.25, 0.3) is 0 Å². The minimum atomic E-state index is 0.167. The molecule has 0 saturated carbocycles. The standard InChI is InChI=1S/C14H19ClN2O/c1-10-9-14(18)17(8-4-7-16-10)13-6-3-5-12(15)11(13)2/h3,5-6,10,16H,4,7-9H2,1-2H3. The van der Waals surface area contributed by atoms with Crippen LogP contribution in [0.2, 0.25) is 5.02 Å². The number of benzene rings is 1. The lowest BCUT2D eigenvalue weighted by atomic mass is 10.1. The van der Waals surface area contributed by atoms with E-state index in [-0.39, 0.29) is 11.9 Å². The van der Waals surface area contributed by atoms with E-state index in [9.17, 15) is 4.79 Å². The van der Waals surface area contributed by atoms with Crippen molar-refractivity contribution in [3.8, 4) is 0 Å². The van der Waals surface area contributed by atoms with Crippen LogP contribution in [0.15, 0.2) is 18.2 Å². The molecule has 0 aromatic heterocycles. The predicted octanol–water partition coefficient (Wildman–Crippen LogP) is 2.75. The lowest BCUT2D eigenvalue weighted by molar-refractivity contribution is -0.119. The molecular weight excluding hydrogens is 248 g/mol. The summed E-state index contributed by atoms with van der Waals surface area (Å²) in [6.07, 6.45) is 1.49. The quantitative estimate of drug-likeness (QED) is 0.848. The summed E-state index contributed by atoms with van der Waals surface area (Å²) in [5.74, 6) is 0.167. The van der Waals surface area contributed by atoms with Crippen LogP contribution in [0.3, 0.4) is 0 Å². The molecule has 3 nitrogen and oxygen atoms in total. The van der Waals surface area contributed by atoms with Gasteiger partial charge in [0.1, 0.15) is 0 Å². The Morgan fingerprint density at radius 2 is 2.22 bits per heavy atom. The van der Waals surface area contributed by atoms with Gasteiger partial charge in [-0.1, -0.05) is 17.7 Å². The molecule has 1 N–H and O–H groups in total. The highest BCUT2D eigenvalue weighted by Gasteiger charge is 2.22. The van der Waals surface area contributed by atoms with Gasteiger partial charge in [0.15, 0.2) is 0 Å². The summed E-state index contributed by atoms with van der Waals surface area (Å²) in [6.45, 7) is 5.71. The highest BCUT2D eigenvalue weighted by molar-refractivity contribution is 6.31. The minimum absolute atomic E-state index is 0.167. The van der Waals surface area contributed by atoms with Gasteiger partial charge in [0.05, 0.1) is 0 Å². The van der Waals surface area contributed by atoms with Gasteiger partial charge < -0.3 is 10.2 Å². The maximum absolute atomic E-state index is 12.3. The SMILES string of the molecule is Cc1c(Cl)cccc1N1CCCNC(C)CC1=O. The van der Waals surface area contributed by atoms with E-state index in [2.05, 4.69) is 5.32 Å². The number of anilines is 1. The summed E-state index contributed by atoms with van der Waals surface area (Å²) >= 11 is 6.13. The molecule has 1 atom stereocenters. The zero-order chi connectivity index (χ0) is 13.1. The molecule has 18 heavy (non-hydrogen) atoms. The molecule has 98 valence electrons. The Hall–Kier alpha value is -1.06. The highest BCUT2D eigenvalue weighted by Crippen LogP contribution is 2.27. The molecule has 0 aliphatic carbocycles. The van der Waals surface area contributed by atoms with Crippen molar-refractivity contribution in [3.63, 3.8) is 0 Å². The topological polar surface area (TPSA) is 32.3 Å². The van der Waals surface area contributed by atoms with E-state index in [1.165, 1.54) is 0 Å². The largest absolute Gasteiger partial charge is 0.314 e. The van der Waals surface area contributed by atoms with Gasteiger partial charge in [-0.2, -0.15) is 0 Å². The fourth-order valence-corrected chi connectivity index (χ4v) is 2.47. The zero-order valence-electron chi connectivity index (χ0n) is 10.9. The molecule has 1 aliphatic rings. The molecule has 2 rings (SSSR count). The van der Waals surface area contributed by atoms with Crippen molar-refractivity contribution in [3.05, 3.63) is 28.8 Å². The minimum Gasteiger partial charge on any atom is -0.314 e. The molecule has 1 aromatic carbocycles. The van der Waals surface area contributed by atoms with Crippen molar-refractivity contribution < 1.29 is 4.79 Å². The Morgan fingerprint density at radius 3 is 3.00 bits per heavy atom. The maximum Gasteiger partial charge on any atom is 0.228 e. The van der Waals surface area contributed by atoms with E-state index in [0.29, 0.717) is 11.4 Å². The van der Waals surface area contributed by atoms with Crippen LogP contribution in [-0.2, 0) is 4.79 Å². The van der Waals surface area contributed by atoms with Gasteiger partial charge in [0.25, 0.3) is 0 Å². The molecule has 1 fully saturated rings. The molecule has 1 saturated heterocycles. The first-order valence-corrected chi connectivity index (χ1v) is 6.76. The first kappa shape index (κ1) is 13.4. The molecule has 1 heterocycles. The number of carbonyl (C=O) groups excluding carboxylic acids is 1.